The van der Waals surface area contributed by atoms with Crippen molar-refractivity contribution in [3.05, 3.63) is 52.5 Å². The molecule has 0 heterocycles. The molecule has 5 nitrogen and oxygen atoms in total. The van der Waals surface area contributed by atoms with Gasteiger partial charge in [-0.2, -0.15) is 0 Å². The third-order valence-electron chi connectivity index (χ3n) is 3.80. The van der Waals surface area contributed by atoms with E-state index in [0.29, 0.717) is 12.0 Å². The van der Waals surface area contributed by atoms with Crippen molar-refractivity contribution in [1.82, 2.24) is 0 Å². The molecule has 0 saturated carbocycles. The number of halogens is 1. The Bertz CT molecular complexity index is 857. The third-order valence-corrected chi connectivity index (χ3v) is 5.25. The van der Waals surface area contributed by atoms with Crippen LogP contribution in [-0.4, -0.2) is 20.1 Å². The fraction of sp³-hybridized carbons (Fsp3) is 0.333. The normalized spacial score (nSPS) is 12.2. The van der Waals surface area contributed by atoms with Crippen molar-refractivity contribution in [3.8, 4) is 0 Å². The molecule has 2 aromatic carbocycles. The Morgan fingerprint density at radius 3 is 2.20 bits per heavy atom. The summed E-state index contributed by atoms with van der Waals surface area (Å²) >= 11 is 6.39. The van der Waals surface area contributed by atoms with E-state index in [1.54, 1.807) is 6.07 Å². The lowest BCUT2D eigenvalue weighted by molar-refractivity contribution is 0.299. The molecule has 25 heavy (non-hydrogen) atoms. The van der Waals surface area contributed by atoms with Crippen LogP contribution in [0.15, 0.2) is 41.3 Å². The predicted octanol–water partition coefficient (Wildman–Crippen LogP) is 3.56. The topological polar surface area (TPSA) is 92.4 Å². The first-order valence-electron chi connectivity index (χ1n) is 7.86. The standard InChI is InChI=1S/C18H23ClN2O3S/c1-18(2,3)16-14(8-9-15(17(16)19)25(20,23)24)21-13-6-4-12(5-7-13)10-11-22/h4-9,21-22H,10-11H2,1-3H3,(H2,20,23,24). The van der Waals surface area contributed by atoms with Gasteiger partial charge in [0.2, 0.25) is 10.0 Å². The number of nitrogens with two attached hydrogens (primary N) is 1. The molecule has 0 atom stereocenters. The first-order chi connectivity index (χ1) is 11.5. The van der Waals surface area contributed by atoms with Crippen LogP contribution >= 0.6 is 11.6 Å². The molecule has 0 aliphatic rings. The Morgan fingerprint density at radius 1 is 1.12 bits per heavy atom. The summed E-state index contributed by atoms with van der Waals surface area (Å²) in [7, 11) is -3.90. The molecule has 0 unspecified atom stereocenters. The van der Waals surface area contributed by atoms with Crippen molar-refractivity contribution < 1.29 is 13.5 Å². The van der Waals surface area contributed by atoms with E-state index in [9.17, 15) is 8.42 Å². The van der Waals surface area contributed by atoms with E-state index < -0.39 is 15.4 Å². The van der Waals surface area contributed by atoms with Crippen LogP contribution in [-0.2, 0) is 21.9 Å². The number of rotatable bonds is 5. The van der Waals surface area contributed by atoms with Crippen molar-refractivity contribution in [3.63, 3.8) is 0 Å². The first-order valence-corrected chi connectivity index (χ1v) is 9.79. The summed E-state index contributed by atoms with van der Waals surface area (Å²) in [6, 6.07) is 10.7. The van der Waals surface area contributed by atoms with Crippen molar-refractivity contribution in [2.75, 3.05) is 11.9 Å². The molecule has 0 radical (unpaired) electrons. The lowest BCUT2D eigenvalue weighted by atomic mass is 9.85. The number of primary sulfonamides is 1. The van der Waals surface area contributed by atoms with Gasteiger partial charge >= 0.3 is 0 Å². The first kappa shape index (κ1) is 19.7. The molecule has 4 N–H and O–H groups in total. The van der Waals surface area contributed by atoms with Crippen LogP contribution in [0, 0.1) is 0 Å². The minimum absolute atomic E-state index is 0.0806. The van der Waals surface area contributed by atoms with Crippen molar-refractivity contribution in [1.29, 1.82) is 0 Å². The fourth-order valence-electron chi connectivity index (χ4n) is 2.65. The average Bonchev–Trinajstić information content (AvgIpc) is 2.47. The second kappa shape index (κ2) is 7.33. The lowest BCUT2D eigenvalue weighted by Gasteiger charge is -2.26. The molecule has 0 saturated heterocycles. The molecule has 0 aliphatic heterocycles. The van der Waals surface area contributed by atoms with Gasteiger partial charge < -0.3 is 10.4 Å². The van der Waals surface area contributed by atoms with Gasteiger partial charge in [-0.15, -0.1) is 0 Å². The number of aliphatic hydroxyl groups excluding tert-OH is 1. The van der Waals surface area contributed by atoms with Crippen molar-refractivity contribution in [2.24, 2.45) is 5.14 Å². The smallest absolute Gasteiger partial charge is 0.239 e. The van der Waals surface area contributed by atoms with E-state index in [1.165, 1.54) is 6.07 Å². The number of sulfonamides is 1. The Labute approximate surface area is 153 Å². The molecule has 2 aromatic rings. The van der Waals surface area contributed by atoms with Crippen LogP contribution in [0.1, 0.15) is 31.9 Å². The zero-order valence-electron chi connectivity index (χ0n) is 14.5. The highest BCUT2D eigenvalue weighted by atomic mass is 35.5. The molecule has 0 aliphatic carbocycles. The molecular weight excluding hydrogens is 360 g/mol. The van der Waals surface area contributed by atoms with E-state index in [-0.39, 0.29) is 16.5 Å². The summed E-state index contributed by atoms with van der Waals surface area (Å²) in [5, 5.41) is 17.7. The monoisotopic (exact) mass is 382 g/mol. The van der Waals surface area contributed by atoms with Crippen LogP contribution in [0.4, 0.5) is 11.4 Å². The number of benzene rings is 2. The maximum absolute atomic E-state index is 11.8. The molecule has 0 spiro atoms. The van der Waals surface area contributed by atoms with Crippen LogP contribution in [0.2, 0.25) is 5.02 Å². The highest BCUT2D eigenvalue weighted by molar-refractivity contribution is 7.89. The second-order valence-electron chi connectivity index (χ2n) is 6.89. The van der Waals surface area contributed by atoms with E-state index in [1.807, 2.05) is 45.0 Å². The van der Waals surface area contributed by atoms with Crippen LogP contribution < -0.4 is 10.5 Å². The van der Waals surface area contributed by atoms with Gasteiger partial charge in [-0.1, -0.05) is 44.5 Å². The number of hydrogen-bond acceptors (Lipinski definition) is 4. The van der Waals surface area contributed by atoms with E-state index in [2.05, 4.69) is 5.32 Å². The van der Waals surface area contributed by atoms with Crippen LogP contribution in [0.5, 0.6) is 0 Å². The molecule has 136 valence electrons. The molecule has 0 bridgehead atoms. The van der Waals surface area contributed by atoms with Crippen molar-refractivity contribution >= 4 is 33.0 Å². The van der Waals surface area contributed by atoms with Crippen LogP contribution in [0.3, 0.4) is 0 Å². The highest BCUT2D eigenvalue weighted by Gasteiger charge is 2.26. The van der Waals surface area contributed by atoms with E-state index in [4.69, 9.17) is 21.8 Å². The van der Waals surface area contributed by atoms with Gasteiger partial charge in [0, 0.05) is 23.5 Å². The zero-order valence-corrected chi connectivity index (χ0v) is 16.1. The summed E-state index contributed by atoms with van der Waals surface area (Å²) in [4.78, 5) is -0.0806. The Hall–Kier alpha value is -1.60. The van der Waals surface area contributed by atoms with E-state index >= 15 is 0 Å². The van der Waals surface area contributed by atoms with Gasteiger partial charge in [-0.05, 0) is 41.7 Å². The molecule has 0 fully saturated rings. The summed E-state index contributed by atoms with van der Waals surface area (Å²) < 4.78 is 23.5. The summed E-state index contributed by atoms with van der Waals surface area (Å²) in [5.41, 5.74) is 2.88. The number of nitrogens with one attached hydrogen (secondary N) is 1. The average molecular weight is 383 g/mol. The SMILES string of the molecule is CC(C)(C)c1c(Nc2ccc(CCO)cc2)ccc(S(N)(=O)=O)c1Cl. The predicted molar refractivity (Wildman–Crippen MR) is 102 cm³/mol. The molecular formula is C18H23ClN2O3S. The maximum Gasteiger partial charge on any atom is 0.239 e. The summed E-state index contributed by atoms with van der Waals surface area (Å²) in [6.45, 7) is 5.97. The van der Waals surface area contributed by atoms with Gasteiger partial charge in [-0.3, -0.25) is 0 Å². The van der Waals surface area contributed by atoms with Crippen molar-refractivity contribution in [2.45, 2.75) is 37.5 Å². The second-order valence-corrected chi connectivity index (χ2v) is 8.80. The zero-order chi connectivity index (χ0) is 18.8. The van der Waals surface area contributed by atoms with Crippen LogP contribution in [0.25, 0.3) is 0 Å². The molecule has 7 heteroatoms. The quantitative estimate of drug-likeness (QED) is 0.737. The lowest BCUT2D eigenvalue weighted by Crippen LogP contribution is -2.19. The largest absolute Gasteiger partial charge is 0.396 e. The minimum atomic E-state index is -3.90. The fourth-order valence-corrected chi connectivity index (χ4v) is 4.03. The third kappa shape index (κ3) is 4.73. The number of aliphatic hydroxyl groups is 1. The minimum Gasteiger partial charge on any atom is -0.396 e. The van der Waals surface area contributed by atoms with Gasteiger partial charge in [-0.25, -0.2) is 13.6 Å². The van der Waals surface area contributed by atoms with Gasteiger partial charge in [0.15, 0.2) is 0 Å². The van der Waals surface area contributed by atoms with Gasteiger partial charge in [0.25, 0.3) is 0 Å². The highest BCUT2D eigenvalue weighted by Crippen LogP contribution is 2.40. The van der Waals surface area contributed by atoms with Gasteiger partial charge in [0.05, 0.1) is 5.02 Å². The number of hydrogen-bond donors (Lipinski definition) is 3. The molecule has 2 rings (SSSR count). The Balaban J connectivity index is 2.49. The number of anilines is 2. The molecule has 0 aromatic heterocycles. The molecule has 0 amide bonds. The Morgan fingerprint density at radius 2 is 1.72 bits per heavy atom. The van der Waals surface area contributed by atoms with Gasteiger partial charge in [0.1, 0.15) is 4.90 Å². The summed E-state index contributed by atoms with van der Waals surface area (Å²) in [6.07, 6.45) is 0.600. The van der Waals surface area contributed by atoms with E-state index in [0.717, 1.165) is 16.9 Å². The Kier molecular flexibility index (Phi) is 5.79. The summed E-state index contributed by atoms with van der Waals surface area (Å²) in [5.74, 6) is 0. The maximum atomic E-state index is 11.8.